The van der Waals surface area contributed by atoms with Crippen LogP contribution in [0.25, 0.3) is 0 Å². The molecule has 2 unspecified atom stereocenters. The van der Waals surface area contributed by atoms with Crippen LogP contribution in [0, 0.1) is 12.9 Å². The largest absolute Gasteiger partial charge is 0.445 e. The molecule has 1 aliphatic heterocycles. The number of β-amino-alcohol motifs (C(OH)–C–C–N with tert-alkyl or cyclic N) is 1. The smallest absolute Gasteiger partial charge is 0.410 e. The number of benzene rings is 1. The molecule has 0 aliphatic carbocycles. The van der Waals surface area contributed by atoms with Crippen LogP contribution in [0.15, 0.2) is 42.6 Å². The molecule has 1 amide bonds. The van der Waals surface area contributed by atoms with Gasteiger partial charge in [-0.05, 0) is 36.1 Å². The van der Waals surface area contributed by atoms with Crippen LogP contribution in [0.2, 0.25) is 0 Å². The van der Waals surface area contributed by atoms with E-state index in [9.17, 15) is 14.3 Å². The van der Waals surface area contributed by atoms with Gasteiger partial charge in [-0.15, -0.1) is 0 Å². The number of rotatable bonds is 3. The van der Waals surface area contributed by atoms with Gasteiger partial charge in [0.25, 0.3) is 0 Å². The summed E-state index contributed by atoms with van der Waals surface area (Å²) in [6.07, 6.45) is 0.886. The number of ether oxygens (including phenoxy) is 1. The fourth-order valence-electron chi connectivity index (χ4n) is 3.19. The molecule has 0 saturated carbocycles. The lowest BCUT2D eigenvalue weighted by molar-refractivity contribution is 0.0342. The van der Waals surface area contributed by atoms with Crippen LogP contribution in [0.4, 0.5) is 9.18 Å². The van der Waals surface area contributed by atoms with Gasteiger partial charge in [0.2, 0.25) is 5.95 Å². The lowest BCUT2D eigenvalue weighted by Crippen LogP contribution is -2.46. The highest BCUT2D eigenvalue weighted by Crippen LogP contribution is 2.30. The number of pyridine rings is 1. The van der Waals surface area contributed by atoms with Crippen LogP contribution < -0.4 is 0 Å². The Balaban J connectivity index is 1.58. The molecular formula is C19H21FN2O3. The first-order chi connectivity index (χ1) is 12.0. The Morgan fingerprint density at radius 3 is 2.84 bits per heavy atom. The van der Waals surface area contributed by atoms with Gasteiger partial charge in [-0.2, -0.15) is 4.39 Å². The Kier molecular flexibility index (Phi) is 5.28. The van der Waals surface area contributed by atoms with E-state index in [2.05, 4.69) is 4.98 Å². The van der Waals surface area contributed by atoms with Gasteiger partial charge >= 0.3 is 6.09 Å². The third-order valence-corrected chi connectivity index (χ3v) is 4.56. The third-order valence-electron chi connectivity index (χ3n) is 4.56. The van der Waals surface area contributed by atoms with Crippen molar-refractivity contribution in [3.63, 3.8) is 0 Å². The van der Waals surface area contributed by atoms with Crippen molar-refractivity contribution in [3.05, 3.63) is 65.2 Å². The minimum absolute atomic E-state index is 0.161. The molecule has 1 aliphatic rings. The van der Waals surface area contributed by atoms with Crippen LogP contribution in [0.1, 0.15) is 29.0 Å². The first-order valence-electron chi connectivity index (χ1n) is 8.30. The fourth-order valence-corrected chi connectivity index (χ4v) is 3.19. The molecule has 2 aromatic rings. The molecule has 1 aromatic heterocycles. The maximum Gasteiger partial charge on any atom is 0.410 e. The van der Waals surface area contributed by atoms with Gasteiger partial charge in [0, 0.05) is 18.7 Å². The number of carbonyl (C=O) groups is 1. The summed E-state index contributed by atoms with van der Waals surface area (Å²) in [5, 5.41) is 10.4. The van der Waals surface area contributed by atoms with Crippen molar-refractivity contribution in [2.45, 2.75) is 32.0 Å². The van der Waals surface area contributed by atoms with Gasteiger partial charge in [-0.25, -0.2) is 9.78 Å². The van der Waals surface area contributed by atoms with Gasteiger partial charge in [0.15, 0.2) is 0 Å². The van der Waals surface area contributed by atoms with E-state index < -0.39 is 18.1 Å². The molecule has 6 heteroatoms. The number of aliphatic hydroxyl groups is 1. The fraction of sp³-hybridized carbons (Fsp3) is 0.368. The highest BCUT2D eigenvalue weighted by molar-refractivity contribution is 5.68. The first-order valence-corrected chi connectivity index (χ1v) is 8.30. The molecule has 0 spiro atoms. The quantitative estimate of drug-likeness (QED) is 0.870. The number of aryl methyl sites for hydroxylation is 1. The van der Waals surface area contributed by atoms with Crippen LogP contribution in [-0.2, 0) is 11.3 Å². The zero-order valence-corrected chi connectivity index (χ0v) is 14.1. The van der Waals surface area contributed by atoms with Gasteiger partial charge in [0.05, 0.1) is 12.6 Å². The number of halogens is 1. The maximum absolute atomic E-state index is 13.2. The summed E-state index contributed by atoms with van der Waals surface area (Å²) >= 11 is 0. The summed E-state index contributed by atoms with van der Waals surface area (Å²) < 4.78 is 18.5. The Bertz CT molecular complexity index is 739. The number of nitrogens with zero attached hydrogens (tertiary/aromatic N) is 2. The lowest BCUT2D eigenvalue weighted by Gasteiger charge is -2.35. The molecule has 2 atom stereocenters. The Morgan fingerprint density at radius 2 is 2.16 bits per heavy atom. The Labute approximate surface area is 146 Å². The summed E-state index contributed by atoms with van der Waals surface area (Å²) in [5.41, 5.74) is 2.50. The molecule has 132 valence electrons. The molecule has 0 radical (unpaired) electrons. The third kappa shape index (κ3) is 4.14. The summed E-state index contributed by atoms with van der Waals surface area (Å²) in [4.78, 5) is 17.4. The van der Waals surface area contributed by atoms with Crippen LogP contribution in [-0.4, -0.2) is 40.3 Å². The molecule has 3 rings (SSSR count). The van der Waals surface area contributed by atoms with Crippen molar-refractivity contribution in [2.24, 2.45) is 0 Å². The van der Waals surface area contributed by atoms with Gasteiger partial charge in [-0.1, -0.05) is 30.3 Å². The second-order valence-corrected chi connectivity index (χ2v) is 6.31. The van der Waals surface area contributed by atoms with E-state index in [1.807, 2.05) is 30.3 Å². The van der Waals surface area contributed by atoms with Crippen molar-refractivity contribution >= 4 is 6.09 Å². The highest BCUT2D eigenvalue weighted by Gasteiger charge is 2.32. The Morgan fingerprint density at radius 1 is 1.40 bits per heavy atom. The zero-order chi connectivity index (χ0) is 17.8. The number of hydrogen-bond acceptors (Lipinski definition) is 4. The molecule has 5 nitrogen and oxygen atoms in total. The van der Waals surface area contributed by atoms with E-state index in [1.165, 1.54) is 17.2 Å². The normalized spacial score (nSPS) is 20.4. The standard InChI is InChI=1S/C19H21FN2O3/c1-13-9-18(20)21-10-16(13)15-7-8-22(11-17(15)23)19(24)25-12-14-5-3-2-4-6-14/h2-6,9-10,15,17,23H,7-8,11-12H2,1H3. The predicted molar refractivity (Wildman–Crippen MR) is 90.5 cm³/mol. The SMILES string of the molecule is Cc1cc(F)ncc1C1CCN(C(=O)OCc2ccccc2)CC1O. The molecule has 1 aromatic carbocycles. The summed E-state index contributed by atoms with van der Waals surface area (Å²) in [6, 6.07) is 10.8. The second kappa shape index (κ2) is 7.61. The molecule has 1 N–H and O–H groups in total. The van der Waals surface area contributed by atoms with Crippen molar-refractivity contribution in [3.8, 4) is 0 Å². The van der Waals surface area contributed by atoms with Crippen LogP contribution in [0.3, 0.4) is 0 Å². The highest BCUT2D eigenvalue weighted by atomic mass is 19.1. The number of carbonyl (C=O) groups excluding carboxylic acids is 1. The molecule has 0 bridgehead atoms. The lowest BCUT2D eigenvalue weighted by atomic mass is 9.86. The summed E-state index contributed by atoms with van der Waals surface area (Å²) in [6.45, 7) is 2.67. The molecule has 1 saturated heterocycles. The number of aromatic nitrogens is 1. The van der Waals surface area contributed by atoms with E-state index >= 15 is 0 Å². The van der Waals surface area contributed by atoms with Crippen molar-refractivity contribution in [1.82, 2.24) is 9.88 Å². The van der Waals surface area contributed by atoms with Gasteiger partial charge < -0.3 is 14.7 Å². The Hall–Kier alpha value is -2.47. The van der Waals surface area contributed by atoms with Crippen LogP contribution >= 0.6 is 0 Å². The average molecular weight is 344 g/mol. The maximum atomic E-state index is 13.2. The van der Waals surface area contributed by atoms with Crippen molar-refractivity contribution in [1.29, 1.82) is 0 Å². The molecule has 25 heavy (non-hydrogen) atoms. The summed E-state index contributed by atoms with van der Waals surface area (Å²) in [7, 11) is 0. The molecule has 1 fully saturated rings. The number of piperidine rings is 1. The number of amides is 1. The first kappa shape index (κ1) is 17.4. The number of likely N-dealkylation sites (tertiary alicyclic amines) is 1. The van der Waals surface area contributed by atoms with E-state index in [0.717, 1.165) is 16.7 Å². The van der Waals surface area contributed by atoms with E-state index in [4.69, 9.17) is 4.74 Å². The van der Waals surface area contributed by atoms with E-state index in [1.54, 1.807) is 6.92 Å². The number of aliphatic hydroxyl groups excluding tert-OH is 1. The monoisotopic (exact) mass is 344 g/mol. The van der Waals surface area contributed by atoms with E-state index in [-0.39, 0.29) is 19.1 Å². The van der Waals surface area contributed by atoms with Gasteiger partial charge in [-0.3, -0.25) is 0 Å². The predicted octanol–water partition coefficient (Wildman–Crippen LogP) is 3.02. The number of hydrogen-bond donors (Lipinski definition) is 1. The van der Waals surface area contributed by atoms with Crippen LogP contribution in [0.5, 0.6) is 0 Å². The van der Waals surface area contributed by atoms with Crippen molar-refractivity contribution in [2.75, 3.05) is 13.1 Å². The molecular weight excluding hydrogens is 323 g/mol. The minimum atomic E-state index is -0.732. The van der Waals surface area contributed by atoms with Gasteiger partial charge in [0.1, 0.15) is 6.61 Å². The minimum Gasteiger partial charge on any atom is -0.445 e. The van der Waals surface area contributed by atoms with E-state index in [0.29, 0.717) is 13.0 Å². The summed E-state index contributed by atoms with van der Waals surface area (Å²) in [5.74, 6) is -0.691. The van der Waals surface area contributed by atoms with Crippen molar-refractivity contribution < 1.29 is 19.0 Å². The zero-order valence-electron chi connectivity index (χ0n) is 14.1. The topological polar surface area (TPSA) is 62.7 Å². The second-order valence-electron chi connectivity index (χ2n) is 6.31. The molecule has 2 heterocycles. The average Bonchev–Trinajstić information content (AvgIpc) is 2.61.